The largest absolute Gasteiger partial charge is 0.481 e. The van der Waals surface area contributed by atoms with Crippen molar-refractivity contribution in [3.63, 3.8) is 0 Å². The number of fused-ring (bicyclic) bond motifs is 1. The number of benzene rings is 1. The van der Waals surface area contributed by atoms with Crippen LogP contribution in [-0.2, 0) is 28.9 Å². The number of aliphatic carboxylic acids is 1. The first-order valence-corrected chi connectivity index (χ1v) is 7.74. The minimum Gasteiger partial charge on any atom is -0.481 e. The van der Waals surface area contributed by atoms with E-state index in [-0.39, 0.29) is 17.9 Å². The maximum atomic E-state index is 12.1. The quantitative estimate of drug-likeness (QED) is 0.891. The number of amides is 1. The van der Waals surface area contributed by atoms with Gasteiger partial charge >= 0.3 is 5.97 Å². The van der Waals surface area contributed by atoms with Crippen LogP contribution in [-0.4, -0.2) is 23.0 Å². The van der Waals surface area contributed by atoms with E-state index in [2.05, 4.69) is 17.4 Å². The van der Waals surface area contributed by atoms with Crippen molar-refractivity contribution in [1.29, 1.82) is 0 Å². The molecule has 2 atom stereocenters. The molecule has 0 unspecified atom stereocenters. The number of nitrogens with one attached hydrogen (secondary N) is 1. The lowest BCUT2D eigenvalue weighted by Gasteiger charge is -2.13. The molecule has 1 amide bonds. The fourth-order valence-electron chi connectivity index (χ4n) is 3.54. The highest BCUT2D eigenvalue weighted by Crippen LogP contribution is 2.26. The van der Waals surface area contributed by atoms with Crippen LogP contribution in [0.5, 0.6) is 0 Å². The monoisotopic (exact) mass is 287 g/mol. The molecule has 1 aromatic rings. The molecule has 0 heterocycles. The number of carbonyl (C=O) groups is 2. The van der Waals surface area contributed by atoms with E-state index in [9.17, 15) is 9.59 Å². The summed E-state index contributed by atoms with van der Waals surface area (Å²) in [5, 5.41) is 12.0. The molecule has 0 bridgehead atoms. The second-order valence-electron chi connectivity index (χ2n) is 6.25. The molecule has 2 aliphatic rings. The first kappa shape index (κ1) is 14.1. The van der Waals surface area contributed by atoms with Gasteiger partial charge < -0.3 is 10.4 Å². The molecule has 1 fully saturated rings. The molecule has 0 radical (unpaired) electrons. The molecule has 3 rings (SSSR count). The summed E-state index contributed by atoms with van der Waals surface area (Å²) < 4.78 is 0. The molecule has 2 N–H and O–H groups in total. The first-order valence-electron chi connectivity index (χ1n) is 7.74. The number of hydrogen-bond donors (Lipinski definition) is 2. The third-order valence-corrected chi connectivity index (χ3v) is 4.67. The number of carboxylic acids is 1. The SMILES string of the molecule is O=C(Cc1ccc2c(c1)CCC2)N[C@H]1CC[C@@H](C(=O)O)C1. The van der Waals surface area contributed by atoms with Gasteiger partial charge in [0.15, 0.2) is 0 Å². The van der Waals surface area contributed by atoms with Gasteiger partial charge in [-0.05, 0) is 55.2 Å². The van der Waals surface area contributed by atoms with Gasteiger partial charge in [-0.1, -0.05) is 18.2 Å². The third-order valence-electron chi connectivity index (χ3n) is 4.67. The van der Waals surface area contributed by atoms with E-state index in [0.29, 0.717) is 19.3 Å². The summed E-state index contributed by atoms with van der Waals surface area (Å²) in [6.07, 6.45) is 5.87. The highest BCUT2D eigenvalue weighted by atomic mass is 16.4. The maximum absolute atomic E-state index is 12.1. The molecule has 0 aliphatic heterocycles. The van der Waals surface area contributed by atoms with Crippen molar-refractivity contribution >= 4 is 11.9 Å². The molecule has 2 aliphatic carbocycles. The summed E-state index contributed by atoms with van der Waals surface area (Å²) in [5.41, 5.74) is 3.85. The first-order chi connectivity index (χ1) is 10.1. The molecular weight excluding hydrogens is 266 g/mol. The number of carbonyl (C=O) groups excluding carboxylic acids is 1. The van der Waals surface area contributed by atoms with Gasteiger partial charge in [0.2, 0.25) is 5.91 Å². The summed E-state index contributed by atoms with van der Waals surface area (Å²) in [6, 6.07) is 6.35. The Morgan fingerprint density at radius 3 is 2.76 bits per heavy atom. The Bertz CT molecular complexity index is 567. The Kier molecular flexibility index (Phi) is 3.95. The predicted molar refractivity (Wildman–Crippen MR) is 79.1 cm³/mol. The number of aryl methyl sites for hydroxylation is 2. The van der Waals surface area contributed by atoms with Crippen molar-refractivity contribution < 1.29 is 14.7 Å². The van der Waals surface area contributed by atoms with Gasteiger partial charge in [-0.2, -0.15) is 0 Å². The molecule has 112 valence electrons. The van der Waals surface area contributed by atoms with Crippen LogP contribution in [0.15, 0.2) is 18.2 Å². The summed E-state index contributed by atoms with van der Waals surface area (Å²) in [5.74, 6) is -1.04. The van der Waals surface area contributed by atoms with Gasteiger partial charge in [0.25, 0.3) is 0 Å². The highest BCUT2D eigenvalue weighted by Gasteiger charge is 2.30. The van der Waals surface area contributed by atoms with Crippen LogP contribution in [0.3, 0.4) is 0 Å². The van der Waals surface area contributed by atoms with Crippen molar-refractivity contribution in [3.05, 3.63) is 34.9 Å². The van der Waals surface area contributed by atoms with E-state index in [1.54, 1.807) is 0 Å². The average Bonchev–Trinajstić information content (AvgIpc) is 3.06. The summed E-state index contributed by atoms with van der Waals surface area (Å²) in [7, 11) is 0. The van der Waals surface area contributed by atoms with E-state index in [0.717, 1.165) is 24.8 Å². The molecule has 0 aromatic heterocycles. The lowest BCUT2D eigenvalue weighted by Crippen LogP contribution is -2.34. The molecule has 0 saturated heterocycles. The smallest absolute Gasteiger partial charge is 0.306 e. The van der Waals surface area contributed by atoms with Crippen LogP contribution >= 0.6 is 0 Å². The standard InChI is InChI=1S/C17H21NO3/c19-16(18-15-7-6-14(10-15)17(20)21)9-11-4-5-12-2-1-3-13(12)8-11/h4-5,8,14-15H,1-3,6-7,9-10H2,(H,18,19)(H,20,21)/t14-,15+/m1/s1. The lowest BCUT2D eigenvalue weighted by molar-refractivity contribution is -0.141. The average molecular weight is 287 g/mol. The van der Waals surface area contributed by atoms with Crippen LogP contribution in [0.1, 0.15) is 42.4 Å². The third kappa shape index (κ3) is 3.26. The molecular formula is C17H21NO3. The summed E-state index contributed by atoms with van der Waals surface area (Å²) in [4.78, 5) is 23.0. The normalized spacial score (nSPS) is 23.8. The van der Waals surface area contributed by atoms with Crippen molar-refractivity contribution in [3.8, 4) is 0 Å². The van der Waals surface area contributed by atoms with Crippen molar-refractivity contribution in [2.24, 2.45) is 5.92 Å². The van der Waals surface area contributed by atoms with E-state index in [1.807, 2.05) is 6.07 Å². The molecule has 1 aromatic carbocycles. The van der Waals surface area contributed by atoms with E-state index in [4.69, 9.17) is 5.11 Å². The zero-order chi connectivity index (χ0) is 14.8. The van der Waals surface area contributed by atoms with Crippen molar-refractivity contribution in [2.45, 2.75) is 51.0 Å². The van der Waals surface area contributed by atoms with E-state index < -0.39 is 5.97 Å². The van der Waals surface area contributed by atoms with Crippen molar-refractivity contribution in [1.82, 2.24) is 5.32 Å². The molecule has 4 nitrogen and oxygen atoms in total. The van der Waals surface area contributed by atoms with E-state index >= 15 is 0 Å². The highest BCUT2D eigenvalue weighted by molar-refractivity contribution is 5.79. The Labute approximate surface area is 124 Å². The molecule has 0 spiro atoms. The minimum absolute atomic E-state index is 0.00369. The van der Waals surface area contributed by atoms with Gasteiger partial charge in [-0.25, -0.2) is 0 Å². The van der Waals surface area contributed by atoms with Gasteiger partial charge in [0.05, 0.1) is 12.3 Å². The van der Waals surface area contributed by atoms with Gasteiger partial charge in [0, 0.05) is 6.04 Å². The Hall–Kier alpha value is -1.84. The lowest BCUT2D eigenvalue weighted by atomic mass is 10.0. The predicted octanol–water partition coefficient (Wildman–Crippen LogP) is 2.09. The Balaban J connectivity index is 1.54. The van der Waals surface area contributed by atoms with Crippen LogP contribution in [0.25, 0.3) is 0 Å². The minimum atomic E-state index is -0.745. The van der Waals surface area contributed by atoms with Gasteiger partial charge in [0.1, 0.15) is 0 Å². The maximum Gasteiger partial charge on any atom is 0.306 e. The second kappa shape index (κ2) is 5.88. The zero-order valence-corrected chi connectivity index (χ0v) is 12.1. The van der Waals surface area contributed by atoms with Crippen LogP contribution < -0.4 is 5.32 Å². The van der Waals surface area contributed by atoms with Crippen molar-refractivity contribution in [2.75, 3.05) is 0 Å². The number of hydrogen-bond acceptors (Lipinski definition) is 2. The summed E-state index contributed by atoms with van der Waals surface area (Å²) in [6.45, 7) is 0. The number of rotatable bonds is 4. The van der Waals surface area contributed by atoms with Crippen LogP contribution in [0.4, 0.5) is 0 Å². The van der Waals surface area contributed by atoms with E-state index in [1.165, 1.54) is 17.5 Å². The topological polar surface area (TPSA) is 66.4 Å². The number of carboxylic acid groups (broad SMARTS) is 1. The van der Waals surface area contributed by atoms with Gasteiger partial charge in [-0.3, -0.25) is 9.59 Å². The molecule has 4 heteroatoms. The van der Waals surface area contributed by atoms with Crippen LogP contribution in [0.2, 0.25) is 0 Å². The Morgan fingerprint density at radius 2 is 2.00 bits per heavy atom. The molecule has 21 heavy (non-hydrogen) atoms. The zero-order valence-electron chi connectivity index (χ0n) is 12.1. The molecule has 1 saturated carbocycles. The second-order valence-corrected chi connectivity index (χ2v) is 6.25. The summed E-state index contributed by atoms with van der Waals surface area (Å²) >= 11 is 0. The fourth-order valence-corrected chi connectivity index (χ4v) is 3.54. The van der Waals surface area contributed by atoms with Crippen LogP contribution in [0, 0.1) is 5.92 Å². The van der Waals surface area contributed by atoms with Gasteiger partial charge in [-0.15, -0.1) is 0 Å². The Morgan fingerprint density at radius 1 is 1.19 bits per heavy atom. The fraction of sp³-hybridized carbons (Fsp3) is 0.529.